The number of nitrogens with two attached hydrogens (primary N) is 1. The number of nitrogens with zero attached hydrogens (tertiary/aromatic N) is 1. The second-order valence-electron chi connectivity index (χ2n) is 3.01. The molecule has 1 rings (SSSR count). The van der Waals surface area contributed by atoms with Crippen LogP contribution in [-0.4, -0.2) is 9.46 Å². The van der Waals surface area contributed by atoms with Crippen LogP contribution >= 0.6 is 0 Å². The van der Waals surface area contributed by atoms with Crippen LogP contribution < -0.4 is 5.73 Å². The van der Waals surface area contributed by atoms with Crippen molar-refractivity contribution in [3.05, 3.63) is 24.0 Å². The van der Waals surface area contributed by atoms with Crippen molar-refractivity contribution in [2.75, 3.05) is 5.73 Å². The van der Waals surface area contributed by atoms with Crippen molar-refractivity contribution in [3.63, 3.8) is 0 Å². The van der Waals surface area contributed by atoms with E-state index in [9.17, 15) is 8.60 Å². The fourth-order valence-electron chi connectivity index (χ4n) is 1.12. The third-order valence-electron chi connectivity index (χ3n) is 1.95. The van der Waals surface area contributed by atoms with Gasteiger partial charge in [-0.25, -0.2) is 4.39 Å². The van der Waals surface area contributed by atoms with Gasteiger partial charge in [0.2, 0.25) is 0 Å². The largest absolute Gasteiger partial charge is 0.399 e. The normalized spacial score (nSPS) is 14.2. The molecule has 0 aromatic heterocycles. The maximum Gasteiger partial charge on any atom is 0.141 e. The Morgan fingerprint density at radius 2 is 2.33 bits per heavy atom. The van der Waals surface area contributed by atoms with Gasteiger partial charge in [0.25, 0.3) is 0 Å². The van der Waals surface area contributed by atoms with Crippen molar-refractivity contribution in [3.8, 4) is 6.07 Å². The number of anilines is 1. The molecule has 1 aromatic carbocycles. The van der Waals surface area contributed by atoms with E-state index in [0.29, 0.717) is 6.42 Å². The molecule has 0 radical (unpaired) electrons. The number of halogens is 1. The standard InChI is InChI=1S/C10H11FN2OS/c1-2-8(6-12)15(14)10-4-3-7(13)5-9(10)11/h3-5,8H,2,13H2,1H3. The SMILES string of the molecule is CCC(C#N)S(=O)c1ccc(N)cc1F. The first kappa shape index (κ1) is 11.7. The maximum atomic E-state index is 13.4. The summed E-state index contributed by atoms with van der Waals surface area (Å²) in [6.45, 7) is 1.74. The maximum absolute atomic E-state index is 13.4. The molecule has 3 nitrogen and oxygen atoms in total. The molecule has 0 aliphatic carbocycles. The second kappa shape index (κ2) is 4.89. The summed E-state index contributed by atoms with van der Waals surface area (Å²) >= 11 is 0. The number of benzene rings is 1. The molecular formula is C10H11FN2OS. The molecule has 80 valence electrons. The van der Waals surface area contributed by atoms with Crippen LogP contribution in [0.1, 0.15) is 13.3 Å². The van der Waals surface area contributed by atoms with Crippen LogP contribution in [0.15, 0.2) is 23.1 Å². The summed E-state index contributed by atoms with van der Waals surface area (Å²) in [6, 6.07) is 5.84. The van der Waals surface area contributed by atoms with Crippen LogP contribution in [0.5, 0.6) is 0 Å². The fraction of sp³-hybridized carbons (Fsp3) is 0.300. The molecule has 0 saturated heterocycles. The van der Waals surface area contributed by atoms with Gasteiger partial charge in [-0.2, -0.15) is 5.26 Å². The van der Waals surface area contributed by atoms with Gasteiger partial charge >= 0.3 is 0 Å². The minimum Gasteiger partial charge on any atom is -0.399 e. The van der Waals surface area contributed by atoms with Crippen LogP contribution in [0.3, 0.4) is 0 Å². The zero-order valence-electron chi connectivity index (χ0n) is 8.24. The minimum absolute atomic E-state index is 0.0394. The highest BCUT2D eigenvalue weighted by Crippen LogP contribution is 2.19. The molecule has 2 atom stereocenters. The Morgan fingerprint density at radius 3 is 2.80 bits per heavy atom. The van der Waals surface area contributed by atoms with E-state index in [1.807, 2.05) is 6.07 Å². The predicted octanol–water partition coefficient (Wildman–Crippen LogP) is 1.82. The summed E-state index contributed by atoms with van der Waals surface area (Å²) in [6.07, 6.45) is 0.424. The van der Waals surface area contributed by atoms with Gasteiger partial charge in [0, 0.05) is 5.69 Å². The van der Waals surface area contributed by atoms with E-state index in [0.717, 1.165) is 6.07 Å². The van der Waals surface area contributed by atoms with E-state index in [2.05, 4.69) is 0 Å². The molecular weight excluding hydrogens is 215 g/mol. The molecule has 0 spiro atoms. The monoisotopic (exact) mass is 226 g/mol. The smallest absolute Gasteiger partial charge is 0.141 e. The fourth-order valence-corrected chi connectivity index (χ4v) is 2.28. The van der Waals surface area contributed by atoms with E-state index in [1.54, 1.807) is 6.92 Å². The summed E-state index contributed by atoms with van der Waals surface area (Å²) < 4.78 is 25.1. The van der Waals surface area contributed by atoms with Crippen LogP contribution in [0.25, 0.3) is 0 Å². The average Bonchev–Trinajstić information content (AvgIpc) is 2.19. The van der Waals surface area contributed by atoms with Crippen LogP contribution in [-0.2, 0) is 10.8 Å². The van der Waals surface area contributed by atoms with Crippen molar-refractivity contribution in [2.45, 2.75) is 23.5 Å². The molecule has 0 bridgehead atoms. The van der Waals surface area contributed by atoms with Gasteiger partial charge in [-0.15, -0.1) is 0 Å². The molecule has 2 N–H and O–H groups in total. The van der Waals surface area contributed by atoms with Gasteiger partial charge in [0.15, 0.2) is 0 Å². The molecule has 15 heavy (non-hydrogen) atoms. The van der Waals surface area contributed by atoms with Crippen molar-refractivity contribution >= 4 is 16.5 Å². The highest BCUT2D eigenvalue weighted by molar-refractivity contribution is 7.86. The average molecular weight is 226 g/mol. The lowest BCUT2D eigenvalue weighted by atomic mass is 10.3. The molecule has 5 heteroatoms. The zero-order valence-corrected chi connectivity index (χ0v) is 9.05. The summed E-state index contributed by atoms with van der Waals surface area (Å²) in [7, 11) is -1.63. The molecule has 0 heterocycles. The predicted molar refractivity (Wildman–Crippen MR) is 56.9 cm³/mol. The minimum atomic E-state index is -1.63. The molecule has 0 amide bonds. The first-order valence-electron chi connectivity index (χ1n) is 4.45. The van der Waals surface area contributed by atoms with Crippen molar-refractivity contribution in [1.29, 1.82) is 5.26 Å². The lowest BCUT2D eigenvalue weighted by Crippen LogP contribution is -2.13. The van der Waals surface area contributed by atoms with Gasteiger partial charge < -0.3 is 5.73 Å². The van der Waals surface area contributed by atoms with Crippen LogP contribution in [0.4, 0.5) is 10.1 Å². The topological polar surface area (TPSA) is 66.9 Å². The summed E-state index contributed by atoms with van der Waals surface area (Å²) in [4.78, 5) is 0.0394. The number of hydrogen-bond donors (Lipinski definition) is 1. The summed E-state index contributed by atoms with van der Waals surface area (Å²) in [5, 5.41) is 8.04. The quantitative estimate of drug-likeness (QED) is 0.799. The summed E-state index contributed by atoms with van der Waals surface area (Å²) in [5.41, 5.74) is 5.64. The van der Waals surface area contributed by atoms with Gasteiger partial charge in [-0.05, 0) is 24.6 Å². The van der Waals surface area contributed by atoms with E-state index in [4.69, 9.17) is 11.0 Å². The molecule has 0 aliphatic rings. The van der Waals surface area contributed by atoms with Crippen molar-refractivity contribution in [1.82, 2.24) is 0 Å². The van der Waals surface area contributed by atoms with E-state index < -0.39 is 21.9 Å². The molecule has 0 saturated carbocycles. The Balaban J connectivity index is 3.07. The third-order valence-corrected chi connectivity index (χ3v) is 3.67. The lowest BCUT2D eigenvalue weighted by Gasteiger charge is -2.07. The number of nitriles is 1. The number of nitrogen functional groups attached to an aromatic ring is 1. The summed E-state index contributed by atoms with van der Waals surface area (Å²) in [5.74, 6) is -0.623. The molecule has 2 unspecified atom stereocenters. The van der Waals surface area contributed by atoms with Crippen molar-refractivity contribution < 1.29 is 8.60 Å². The molecule has 1 aromatic rings. The van der Waals surface area contributed by atoms with Crippen LogP contribution in [0.2, 0.25) is 0 Å². The van der Waals surface area contributed by atoms with Crippen LogP contribution in [0, 0.1) is 17.1 Å². The van der Waals surface area contributed by atoms with E-state index in [-0.39, 0.29) is 10.6 Å². The first-order valence-corrected chi connectivity index (χ1v) is 5.66. The van der Waals surface area contributed by atoms with Crippen molar-refractivity contribution in [2.24, 2.45) is 0 Å². The zero-order chi connectivity index (χ0) is 11.4. The highest BCUT2D eigenvalue weighted by atomic mass is 32.2. The van der Waals surface area contributed by atoms with E-state index >= 15 is 0 Å². The molecule has 0 fully saturated rings. The Hall–Kier alpha value is -1.41. The van der Waals surface area contributed by atoms with Gasteiger partial charge in [0.1, 0.15) is 11.1 Å². The van der Waals surface area contributed by atoms with Gasteiger partial charge in [-0.1, -0.05) is 6.92 Å². The Labute approximate surface area is 90.2 Å². The Kier molecular flexibility index (Phi) is 3.81. The lowest BCUT2D eigenvalue weighted by molar-refractivity contribution is 0.594. The van der Waals surface area contributed by atoms with Gasteiger partial charge in [0.05, 0.1) is 21.8 Å². The first-order chi connectivity index (χ1) is 7.10. The molecule has 0 aliphatic heterocycles. The number of hydrogen-bond acceptors (Lipinski definition) is 3. The Bertz CT molecular complexity index is 428. The third kappa shape index (κ3) is 2.54. The number of rotatable bonds is 3. The highest BCUT2D eigenvalue weighted by Gasteiger charge is 2.19. The van der Waals surface area contributed by atoms with E-state index in [1.165, 1.54) is 12.1 Å². The second-order valence-corrected chi connectivity index (χ2v) is 4.62. The Morgan fingerprint density at radius 1 is 1.67 bits per heavy atom. The van der Waals surface area contributed by atoms with Gasteiger partial charge in [-0.3, -0.25) is 4.21 Å².